The van der Waals surface area contributed by atoms with Gasteiger partial charge in [-0.3, -0.25) is 5.43 Å². The average molecular weight is 372 g/mol. The molecule has 0 amide bonds. The summed E-state index contributed by atoms with van der Waals surface area (Å²) in [5, 5.41) is 6.45. The van der Waals surface area contributed by atoms with Crippen LogP contribution in [0.4, 0.5) is 10.9 Å². The molecule has 0 fully saturated rings. The van der Waals surface area contributed by atoms with E-state index in [9.17, 15) is 4.79 Å². The van der Waals surface area contributed by atoms with Gasteiger partial charge in [0.25, 0.3) is 0 Å². The quantitative estimate of drug-likeness (QED) is 0.372. The van der Waals surface area contributed by atoms with Crippen molar-refractivity contribution in [2.75, 3.05) is 18.3 Å². The molecule has 0 atom stereocenters. The number of furan rings is 1. The second-order valence-electron chi connectivity index (χ2n) is 5.07. The molecule has 3 rings (SSSR count). The number of nitrogens with two attached hydrogens (primary N) is 1. The Hall–Kier alpha value is -3.33. The first-order chi connectivity index (χ1) is 12.6. The van der Waals surface area contributed by atoms with Crippen molar-refractivity contribution in [1.29, 1.82) is 0 Å². The lowest BCUT2D eigenvalue weighted by Crippen LogP contribution is -1.99. The van der Waals surface area contributed by atoms with E-state index in [2.05, 4.69) is 20.2 Å². The van der Waals surface area contributed by atoms with Gasteiger partial charge in [0.05, 0.1) is 13.3 Å². The molecule has 0 aliphatic heterocycles. The van der Waals surface area contributed by atoms with E-state index < -0.39 is 5.97 Å². The van der Waals surface area contributed by atoms with E-state index in [0.717, 1.165) is 5.56 Å². The molecule has 0 radical (unpaired) electrons. The van der Waals surface area contributed by atoms with Crippen LogP contribution in [0.1, 0.15) is 21.9 Å². The normalized spacial score (nSPS) is 10.8. The average Bonchev–Trinajstić information content (AvgIpc) is 3.29. The third-order valence-electron chi connectivity index (χ3n) is 3.18. The van der Waals surface area contributed by atoms with E-state index in [4.69, 9.17) is 14.9 Å². The minimum Gasteiger partial charge on any atom is -0.486 e. The molecule has 26 heavy (non-hydrogen) atoms. The number of hydrogen-bond donors (Lipinski definition) is 2. The van der Waals surface area contributed by atoms with Crippen molar-refractivity contribution in [1.82, 2.24) is 4.98 Å². The minimum absolute atomic E-state index is 0.140. The Balaban J connectivity index is 1.56. The molecular weight excluding hydrogens is 356 g/mol. The van der Waals surface area contributed by atoms with Crippen LogP contribution in [0.15, 0.2) is 51.3 Å². The molecule has 0 saturated heterocycles. The minimum atomic E-state index is -0.524. The summed E-state index contributed by atoms with van der Waals surface area (Å²) in [6, 6.07) is 10.6. The smallest absolute Gasteiger partial charge is 0.373 e. The summed E-state index contributed by atoms with van der Waals surface area (Å²) >= 11 is 1.37. The van der Waals surface area contributed by atoms with Crippen LogP contribution in [0.5, 0.6) is 5.75 Å². The van der Waals surface area contributed by atoms with Gasteiger partial charge in [0, 0.05) is 5.38 Å². The van der Waals surface area contributed by atoms with Gasteiger partial charge in [-0.1, -0.05) is 12.1 Å². The summed E-state index contributed by atoms with van der Waals surface area (Å²) in [6.45, 7) is 0.189. The number of benzene rings is 1. The lowest BCUT2D eigenvalue weighted by atomic mass is 10.2. The maximum absolute atomic E-state index is 11.4. The number of hydrogen-bond acceptors (Lipinski definition) is 9. The molecule has 0 spiro atoms. The highest BCUT2D eigenvalue weighted by Gasteiger charge is 2.11. The Morgan fingerprint density at radius 1 is 1.42 bits per heavy atom. The first-order valence-electron chi connectivity index (χ1n) is 7.54. The highest BCUT2D eigenvalue weighted by atomic mass is 32.1. The van der Waals surface area contributed by atoms with E-state index >= 15 is 0 Å². The number of aromatic nitrogens is 1. The van der Waals surface area contributed by atoms with Crippen LogP contribution in [0.2, 0.25) is 0 Å². The number of nitrogens with zero attached hydrogens (tertiary/aromatic N) is 2. The maximum atomic E-state index is 11.4. The van der Waals surface area contributed by atoms with Gasteiger partial charge in [0.1, 0.15) is 23.9 Å². The molecule has 0 aliphatic carbocycles. The number of ether oxygens (including phenoxy) is 2. The van der Waals surface area contributed by atoms with Crippen LogP contribution in [-0.4, -0.2) is 24.3 Å². The van der Waals surface area contributed by atoms with E-state index in [0.29, 0.717) is 22.5 Å². The van der Waals surface area contributed by atoms with Crippen molar-refractivity contribution in [2.24, 2.45) is 5.10 Å². The summed E-state index contributed by atoms with van der Waals surface area (Å²) in [7, 11) is 1.30. The number of methoxy groups -OCH3 is 1. The molecule has 3 N–H and O–H groups in total. The number of nitrogen functional groups attached to an aromatic ring is 1. The van der Waals surface area contributed by atoms with Gasteiger partial charge in [-0.15, -0.1) is 11.3 Å². The maximum Gasteiger partial charge on any atom is 0.373 e. The van der Waals surface area contributed by atoms with Crippen LogP contribution in [0.25, 0.3) is 0 Å². The molecule has 9 heteroatoms. The first kappa shape index (κ1) is 17.5. The van der Waals surface area contributed by atoms with Crippen LogP contribution in [0, 0.1) is 0 Å². The highest BCUT2D eigenvalue weighted by Crippen LogP contribution is 2.17. The van der Waals surface area contributed by atoms with E-state index in [1.165, 1.54) is 18.4 Å². The van der Waals surface area contributed by atoms with Crippen molar-refractivity contribution in [3.63, 3.8) is 0 Å². The molecule has 2 aromatic heterocycles. The van der Waals surface area contributed by atoms with Gasteiger partial charge in [0.2, 0.25) is 10.9 Å². The lowest BCUT2D eigenvalue weighted by molar-refractivity contribution is 0.0561. The number of thiazole rings is 1. The van der Waals surface area contributed by atoms with Crippen LogP contribution >= 0.6 is 11.3 Å². The Morgan fingerprint density at radius 3 is 3.08 bits per heavy atom. The van der Waals surface area contributed by atoms with Gasteiger partial charge < -0.3 is 19.6 Å². The van der Waals surface area contributed by atoms with E-state index in [1.54, 1.807) is 23.7 Å². The zero-order valence-corrected chi connectivity index (χ0v) is 14.7. The van der Waals surface area contributed by atoms with Gasteiger partial charge in [0.15, 0.2) is 0 Å². The first-order valence-corrected chi connectivity index (χ1v) is 8.42. The number of carbonyl (C=O) groups excluding carboxylic acids is 1. The molecule has 8 nitrogen and oxygen atoms in total. The predicted octanol–water partition coefficient (Wildman–Crippen LogP) is 3.13. The van der Waals surface area contributed by atoms with Gasteiger partial charge >= 0.3 is 5.97 Å². The Kier molecular flexibility index (Phi) is 5.49. The molecule has 1 aromatic carbocycles. The van der Waals surface area contributed by atoms with Gasteiger partial charge in [-0.05, 0) is 29.8 Å². The Labute approximate surface area is 153 Å². The number of hydrazone groups is 1. The van der Waals surface area contributed by atoms with Crippen molar-refractivity contribution in [3.05, 3.63) is 58.9 Å². The number of anilines is 2. The SMILES string of the molecule is COC(=O)c1ccc(COc2cccc(C=NNc3nc(N)cs3)c2)o1. The van der Waals surface area contributed by atoms with E-state index in [-0.39, 0.29) is 12.4 Å². The Bertz CT molecular complexity index is 919. The topological polar surface area (TPSA) is 112 Å². The number of nitrogens with one attached hydrogen (secondary N) is 1. The largest absolute Gasteiger partial charge is 0.486 e. The molecule has 0 unspecified atom stereocenters. The predicted molar refractivity (Wildman–Crippen MR) is 98.6 cm³/mol. The highest BCUT2D eigenvalue weighted by molar-refractivity contribution is 7.14. The van der Waals surface area contributed by atoms with Crippen molar-refractivity contribution in [2.45, 2.75) is 6.61 Å². The third-order valence-corrected chi connectivity index (χ3v) is 3.95. The standard InChI is InChI=1S/C17H16N4O4S/c1-23-16(22)14-6-5-13(25-14)9-24-12-4-2-3-11(7-12)8-19-21-17-20-15(18)10-26-17/h2-8,10H,9,18H2,1H3,(H,20,21). The molecule has 2 heterocycles. The van der Waals surface area contributed by atoms with Crippen LogP contribution < -0.4 is 15.9 Å². The molecule has 0 bridgehead atoms. The van der Waals surface area contributed by atoms with Gasteiger partial charge in [-0.25, -0.2) is 9.78 Å². The fraction of sp³-hybridized carbons (Fsp3) is 0.118. The van der Waals surface area contributed by atoms with Crippen molar-refractivity contribution < 1.29 is 18.7 Å². The molecule has 0 saturated carbocycles. The van der Waals surface area contributed by atoms with Crippen molar-refractivity contribution >= 4 is 34.5 Å². The van der Waals surface area contributed by atoms with E-state index in [1.807, 2.05) is 24.3 Å². The fourth-order valence-corrected chi connectivity index (χ4v) is 2.55. The van der Waals surface area contributed by atoms with Crippen LogP contribution in [-0.2, 0) is 11.3 Å². The zero-order valence-electron chi connectivity index (χ0n) is 13.8. The summed E-state index contributed by atoms with van der Waals surface area (Å²) < 4.78 is 15.6. The second kappa shape index (κ2) is 8.17. The van der Waals surface area contributed by atoms with Gasteiger partial charge in [-0.2, -0.15) is 5.10 Å². The summed E-state index contributed by atoms with van der Waals surface area (Å²) in [6.07, 6.45) is 1.65. The second-order valence-corrected chi connectivity index (χ2v) is 5.92. The fourth-order valence-electron chi connectivity index (χ4n) is 2.00. The summed E-state index contributed by atoms with van der Waals surface area (Å²) in [5.74, 6) is 1.23. The number of esters is 1. The number of rotatable bonds is 7. The summed E-state index contributed by atoms with van der Waals surface area (Å²) in [5.41, 5.74) is 9.20. The van der Waals surface area contributed by atoms with Crippen molar-refractivity contribution in [3.8, 4) is 5.75 Å². The lowest BCUT2D eigenvalue weighted by Gasteiger charge is -2.05. The van der Waals surface area contributed by atoms with Crippen LogP contribution in [0.3, 0.4) is 0 Å². The zero-order chi connectivity index (χ0) is 18.4. The Morgan fingerprint density at radius 2 is 2.31 bits per heavy atom. The third kappa shape index (κ3) is 4.61. The molecule has 134 valence electrons. The molecule has 3 aromatic rings. The molecular formula is C17H16N4O4S. The monoisotopic (exact) mass is 372 g/mol. The summed E-state index contributed by atoms with van der Waals surface area (Å²) in [4.78, 5) is 15.4. The number of carbonyl (C=O) groups is 1. The molecule has 0 aliphatic rings.